The molecule has 4 atom stereocenters. The molecule has 3 nitrogen and oxygen atoms in total. The number of hydrogen-bond acceptors (Lipinski definition) is 3. The summed E-state index contributed by atoms with van der Waals surface area (Å²) in [7, 11) is -1.98. The second-order valence-corrected chi connectivity index (χ2v) is 16.0. The summed E-state index contributed by atoms with van der Waals surface area (Å²) < 4.78 is 20.2. The summed E-state index contributed by atoms with van der Waals surface area (Å²) in [5.74, 6) is 0.172. The third kappa shape index (κ3) is 6.09. The molecule has 0 unspecified atom stereocenters. The predicted molar refractivity (Wildman–Crippen MR) is 145 cm³/mol. The van der Waals surface area contributed by atoms with Crippen LogP contribution < -0.4 is 0 Å². The Hall–Kier alpha value is -1.72. The Morgan fingerprint density at radius 2 is 1.41 bits per heavy atom. The lowest BCUT2D eigenvalue weighted by atomic mass is 9.89. The first-order valence-corrected chi connectivity index (χ1v) is 15.1. The van der Waals surface area contributed by atoms with Crippen LogP contribution in [0.25, 0.3) is 0 Å². The number of benzene rings is 2. The van der Waals surface area contributed by atoms with Gasteiger partial charge in [0, 0.05) is 17.9 Å². The van der Waals surface area contributed by atoms with Crippen molar-refractivity contribution in [2.75, 3.05) is 6.61 Å². The van der Waals surface area contributed by atoms with E-state index in [1.54, 1.807) is 0 Å². The highest BCUT2D eigenvalue weighted by Crippen LogP contribution is 2.43. The van der Waals surface area contributed by atoms with Gasteiger partial charge < -0.3 is 13.9 Å². The fourth-order valence-electron chi connectivity index (χ4n) is 5.91. The standard InChI is InChI=1S/C30H44O3Si/c1-8-15-28(25-16-11-9-12-17-25)29-20-27(32-30(33-29)26-18-13-10-14-19-26)21-31-34(22(2)3,23(4)5)24(6)7/h8-19,22-24,27-30H,20-21H2,1-7H3/b15-8+/t27-,28+,29-,30+/m0/s1. The van der Waals surface area contributed by atoms with Gasteiger partial charge >= 0.3 is 0 Å². The quantitative estimate of drug-likeness (QED) is 0.252. The first-order chi connectivity index (χ1) is 16.3. The SMILES string of the molecule is C/C=C/[C@H](c1ccccc1)[C@@H]1C[C@@H](CO[Si](C(C)C)(C(C)C)C(C)C)O[C@@H](c2ccccc2)O1. The zero-order valence-corrected chi connectivity index (χ0v) is 23.1. The van der Waals surface area contributed by atoms with Crippen molar-refractivity contribution in [2.24, 2.45) is 0 Å². The lowest BCUT2D eigenvalue weighted by molar-refractivity contribution is -0.255. The topological polar surface area (TPSA) is 27.7 Å². The van der Waals surface area contributed by atoms with Crippen molar-refractivity contribution in [1.29, 1.82) is 0 Å². The third-order valence-corrected chi connectivity index (χ3v) is 13.5. The maximum Gasteiger partial charge on any atom is 0.200 e. The summed E-state index contributed by atoms with van der Waals surface area (Å²) in [6.45, 7) is 16.7. The van der Waals surface area contributed by atoms with Gasteiger partial charge in [-0.05, 0) is 29.1 Å². The first kappa shape index (κ1) is 26.9. The molecule has 0 aliphatic carbocycles. The molecule has 1 heterocycles. The zero-order chi connectivity index (χ0) is 24.7. The summed E-state index contributed by atoms with van der Waals surface area (Å²) in [6.07, 6.45) is 4.82. The molecule has 34 heavy (non-hydrogen) atoms. The molecule has 0 radical (unpaired) electrons. The van der Waals surface area contributed by atoms with Crippen molar-refractivity contribution >= 4 is 8.32 Å². The van der Waals surface area contributed by atoms with Crippen LogP contribution in [0.3, 0.4) is 0 Å². The second kappa shape index (κ2) is 12.3. The van der Waals surface area contributed by atoms with Crippen molar-refractivity contribution in [1.82, 2.24) is 0 Å². The Labute approximate surface area is 208 Å². The number of allylic oxidation sites excluding steroid dienone is 1. The molecule has 4 heteroatoms. The largest absolute Gasteiger partial charge is 0.413 e. The van der Waals surface area contributed by atoms with E-state index in [0.717, 1.165) is 12.0 Å². The Bertz CT molecular complexity index is 857. The number of hydrogen-bond donors (Lipinski definition) is 0. The average Bonchev–Trinajstić information content (AvgIpc) is 2.83. The Balaban J connectivity index is 1.89. The molecule has 0 spiro atoms. The van der Waals surface area contributed by atoms with E-state index < -0.39 is 14.6 Å². The molecular weight excluding hydrogens is 436 g/mol. The summed E-state index contributed by atoms with van der Waals surface area (Å²) in [5.41, 5.74) is 3.98. The molecule has 186 valence electrons. The fourth-order valence-corrected chi connectivity index (χ4v) is 11.4. The zero-order valence-electron chi connectivity index (χ0n) is 22.1. The summed E-state index contributed by atoms with van der Waals surface area (Å²) in [5, 5.41) is 0. The Morgan fingerprint density at radius 3 is 1.94 bits per heavy atom. The van der Waals surface area contributed by atoms with Gasteiger partial charge in [0.25, 0.3) is 0 Å². The van der Waals surface area contributed by atoms with Gasteiger partial charge in [0.1, 0.15) is 0 Å². The molecule has 0 N–H and O–H groups in total. The minimum atomic E-state index is -1.98. The molecule has 1 aliphatic heterocycles. The van der Waals surface area contributed by atoms with Crippen LogP contribution in [0.1, 0.15) is 78.2 Å². The van der Waals surface area contributed by atoms with Gasteiger partial charge in [0.05, 0.1) is 18.8 Å². The molecule has 3 rings (SSSR count). The molecular formula is C30H44O3Si. The lowest BCUT2D eigenvalue weighted by Crippen LogP contribution is -2.50. The molecule has 1 fully saturated rings. The van der Waals surface area contributed by atoms with Gasteiger partial charge in [-0.1, -0.05) is 114 Å². The normalized spacial score (nSPS) is 22.7. The van der Waals surface area contributed by atoms with Crippen LogP contribution in [-0.2, 0) is 13.9 Å². The molecule has 1 saturated heterocycles. The second-order valence-electron chi connectivity index (χ2n) is 10.5. The van der Waals surface area contributed by atoms with Gasteiger partial charge in [-0.25, -0.2) is 0 Å². The van der Waals surface area contributed by atoms with Gasteiger partial charge in [0.15, 0.2) is 14.6 Å². The van der Waals surface area contributed by atoms with E-state index in [9.17, 15) is 0 Å². The van der Waals surface area contributed by atoms with Crippen molar-refractivity contribution < 1.29 is 13.9 Å². The summed E-state index contributed by atoms with van der Waals surface area (Å²) >= 11 is 0. The monoisotopic (exact) mass is 480 g/mol. The molecule has 0 aromatic heterocycles. The minimum absolute atomic E-state index is 0.0106. The highest BCUT2D eigenvalue weighted by Gasteiger charge is 2.46. The van der Waals surface area contributed by atoms with E-state index in [1.807, 2.05) is 18.2 Å². The predicted octanol–water partition coefficient (Wildman–Crippen LogP) is 8.41. The lowest BCUT2D eigenvalue weighted by Gasteiger charge is -2.44. The maximum absolute atomic E-state index is 6.97. The van der Waals surface area contributed by atoms with E-state index >= 15 is 0 Å². The van der Waals surface area contributed by atoms with Crippen LogP contribution in [-0.4, -0.2) is 27.1 Å². The van der Waals surface area contributed by atoms with Crippen LogP contribution in [0.4, 0.5) is 0 Å². The van der Waals surface area contributed by atoms with E-state index in [0.29, 0.717) is 23.2 Å². The van der Waals surface area contributed by atoms with Gasteiger partial charge in [-0.2, -0.15) is 0 Å². The highest BCUT2D eigenvalue weighted by atomic mass is 28.4. The fraction of sp³-hybridized carbons (Fsp3) is 0.533. The number of rotatable bonds is 10. The molecule has 2 aromatic rings. The number of ether oxygens (including phenoxy) is 2. The molecule has 1 aliphatic rings. The molecule has 0 amide bonds. The third-order valence-electron chi connectivity index (χ3n) is 7.39. The van der Waals surface area contributed by atoms with Gasteiger partial charge in [0.2, 0.25) is 0 Å². The van der Waals surface area contributed by atoms with Crippen molar-refractivity contribution in [3.05, 3.63) is 83.9 Å². The van der Waals surface area contributed by atoms with Gasteiger partial charge in [-0.3, -0.25) is 0 Å². The maximum atomic E-state index is 6.97. The Kier molecular flexibility index (Phi) is 9.72. The van der Waals surface area contributed by atoms with Crippen LogP contribution in [0.5, 0.6) is 0 Å². The molecule has 0 saturated carbocycles. The van der Waals surface area contributed by atoms with Gasteiger partial charge in [-0.15, -0.1) is 0 Å². The van der Waals surface area contributed by atoms with E-state index in [4.69, 9.17) is 13.9 Å². The summed E-state index contributed by atoms with van der Waals surface area (Å²) in [4.78, 5) is 0. The molecule has 0 bridgehead atoms. The van der Waals surface area contributed by atoms with E-state index in [2.05, 4.69) is 103 Å². The van der Waals surface area contributed by atoms with Crippen LogP contribution >= 0.6 is 0 Å². The summed E-state index contributed by atoms with van der Waals surface area (Å²) in [6, 6.07) is 21.0. The van der Waals surface area contributed by atoms with Crippen molar-refractivity contribution in [3.63, 3.8) is 0 Å². The van der Waals surface area contributed by atoms with Crippen molar-refractivity contribution in [2.45, 2.75) is 95.9 Å². The minimum Gasteiger partial charge on any atom is -0.413 e. The van der Waals surface area contributed by atoms with Crippen LogP contribution in [0.15, 0.2) is 72.8 Å². The smallest absolute Gasteiger partial charge is 0.200 e. The van der Waals surface area contributed by atoms with E-state index in [1.165, 1.54) is 5.56 Å². The van der Waals surface area contributed by atoms with Crippen LogP contribution in [0.2, 0.25) is 16.6 Å². The Morgan fingerprint density at radius 1 is 0.853 bits per heavy atom. The average molecular weight is 481 g/mol. The highest BCUT2D eigenvalue weighted by molar-refractivity contribution is 6.77. The first-order valence-electron chi connectivity index (χ1n) is 13.0. The van der Waals surface area contributed by atoms with E-state index in [-0.39, 0.29) is 18.1 Å². The molecule has 2 aromatic carbocycles. The van der Waals surface area contributed by atoms with Crippen LogP contribution in [0, 0.1) is 0 Å². The van der Waals surface area contributed by atoms with Crippen molar-refractivity contribution in [3.8, 4) is 0 Å².